The standard InChI is InChI=1S/C10H6ClF4N3O/c11-5-3-1-2-4(6(5)12)7(16)8-17-9(19-18-8)10(13,14)15/h1-3,7H,16H2. The minimum atomic E-state index is -4.78. The Morgan fingerprint density at radius 1 is 1.32 bits per heavy atom. The number of aromatic nitrogens is 2. The lowest BCUT2D eigenvalue weighted by atomic mass is 10.1. The summed E-state index contributed by atoms with van der Waals surface area (Å²) < 4.78 is 54.5. The average molecular weight is 296 g/mol. The Bertz CT molecular complexity index is 599. The summed E-state index contributed by atoms with van der Waals surface area (Å²) in [6, 6.07) is 2.66. The Hall–Kier alpha value is -1.67. The maximum atomic E-state index is 13.7. The first-order chi connectivity index (χ1) is 8.80. The minimum Gasteiger partial charge on any atom is -0.329 e. The molecule has 4 nitrogen and oxygen atoms in total. The molecule has 0 saturated carbocycles. The van der Waals surface area contributed by atoms with E-state index in [1.54, 1.807) is 0 Å². The summed E-state index contributed by atoms with van der Waals surface area (Å²) in [6.45, 7) is 0. The molecule has 0 radical (unpaired) electrons. The fourth-order valence-corrected chi connectivity index (χ4v) is 1.56. The van der Waals surface area contributed by atoms with E-state index in [4.69, 9.17) is 17.3 Å². The molecular weight excluding hydrogens is 290 g/mol. The highest BCUT2D eigenvalue weighted by Gasteiger charge is 2.39. The van der Waals surface area contributed by atoms with E-state index in [1.165, 1.54) is 18.2 Å². The van der Waals surface area contributed by atoms with Crippen molar-refractivity contribution < 1.29 is 22.1 Å². The van der Waals surface area contributed by atoms with Crippen LogP contribution in [-0.4, -0.2) is 10.1 Å². The average Bonchev–Trinajstić information content (AvgIpc) is 2.81. The second-order valence-corrected chi connectivity index (χ2v) is 3.98. The number of alkyl halides is 3. The van der Waals surface area contributed by atoms with Crippen LogP contribution >= 0.6 is 11.6 Å². The molecule has 0 aliphatic heterocycles. The third-order valence-corrected chi connectivity index (χ3v) is 2.57. The van der Waals surface area contributed by atoms with Crippen molar-refractivity contribution in [2.45, 2.75) is 12.2 Å². The molecule has 1 unspecified atom stereocenters. The second kappa shape index (κ2) is 4.78. The smallest absolute Gasteiger partial charge is 0.329 e. The van der Waals surface area contributed by atoms with Crippen LogP contribution in [0.4, 0.5) is 17.6 Å². The fraction of sp³-hybridized carbons (Fsp3) is 0.200. The number of nitrogens with two attached hydrogens (primary N) is 1. The van der Waals surface area contributed by atoms with Gasteiger partial charge in [0, 0.05) is 5.56 Å². The van der Waals surface area contributed by atoms with Crippen molar-refractivity contribution in [2.24, 2.45) is 5.73 Å². The number of nitrogens with zero attached hydrogens (tertiary/aromatic N) is 2. The first-order valence-electron chi connectivity index (χ1n) is 4.91. The van der Waals surface area contributed by atoms with E-state index in [2.05, 4.69) is 14.7 Å². The Balaban J connectivity index is 2.37. The van der Waals surface area contributed by atoms with E-state index in [9.17, 15) is 17.6 Å². The van der Waals surface area contributed by atoms with Gasteiger partial charge in [-0.25, -0.2) is 4.39 Å². The molecule has 2 N–H and O–H groups in total. The van der Waals surface area contributed by atoms with Gasteiger partial charge in [-0.05, 0) is 6.07 Å². The highest BCUT2D eigenvalue weighted by atomic mass is 35.5. The monoisotopic (exact) mass is 295 g/mol. The topological polar surface area (TPSA) is 64.9 Å². The minimum absolute atomic E-state index is 0.123. The Morgan fingerprint density at radius 2 is 2.00 bits per heavy atom. The first kappa shape index (κ1) is 13.8. The molecule has 0 aliphatic rings. The quantitative estimate of drug-likeness (QED) is 0.865. The van der Waals surface area contributed by atoms with E-state index < -0.39 is 29.8 Å². The zero-order valence-corrected chi connectivity index (χ0v) is 9.84. The molecule has 102 valence electrons. The molecule has 2 rings (SSSR count). The van der Waals surface area contributed by atoms with Crippen LogP contribution in [0.25, 0.3) is 0 Å². The molecule has 2 aromatic rings. The molecule has 0 amide bonds. The number of benzene rings is 1. The summed E-state index contributed by atoms with van der Waals surface area (Å²) in [4.78, 5) is 3.09. The van der Waals surface area contributed by atoms with Gasteiger partial charge in [-0.2, -0.15) is 18.2 Å². The van der Waals surface area contributed by atoms with Crippen LogP contribution in [0.1, 0.15) is 23.3 Å². The van der Waals surface area contributed by atoms with Gasteiger partial charge in [-0.15, -0.1) is 0 Å². The number of halogens is 5. The largest absolute Gasteiger partial charge is 0.471 e. The van der Waals surface area contributed by atoms with Crippen molar-refractivity contribution in [3.63, 3.8) is 0 Å². The predicted octanol–water partition coefficient (Wildman–Crippen LogP) is 2.93. The number of hydrogen-bond acceptors (Lipinski definition) is 4. The molecule has 1 aromatic heterocycles. The molecule has 0 fully saturated rings. The molecule has 0 spiro atoms. The van der Waals surface area contributed by atoms with E-state index in [-0.39, 0.29) is 10.6 Å². The highest BCUT2D eigenvalue weighted by Crippen LogP contribution is 2.30. The van der Waals surface area contributed by atoms with Gasteiger partial charge in [0.25, 0.3) is 0 Å². The van der Waals surface area contributed by atoms with Crippen molar-refractivity contribution in [3.05, 3.63) is 46.3 Å². The van der Waals surface area contributed by atoms with Crippen LogP contribution in [-0.2, 0) is 6.18 Å². The normalized spacial score (nSPS) is 13.6. The van der Waals surface area contributed by atoms with Crippen LogP contribution in [0.2, 0.25) is 5.02 Å². The van der Waals surface area contributed by atoms with Crippen LogP contribution < -0.4 is 5.73 Å². The van der Waals surface area contributed by atoms with Crippen LogP contribution in [0.15, 0.2) is 22.7 Å². The molecule has 0 saturated heterocycles. The zero-order chi connectivity index (χ0) is 14.2. The zero-order valence-electron chi connectivity index (χ0n) is 9.08. The summed E-state index contributed by atoms with van der Waals surface area (Å²) in [5, 5.41) is 2.89. The van der Waals surface area contributed by atoms with Gasteiger partial charge in [-0.1, -0.05) is 28.9 Å². The van der Waals surface area contributed by atoms with Crippen molar-refractivity contribution in [2.75, 3.05) is 0 Å². The third kappa shape index (κ3) is 2.69. The second-order valence-electron chi connectivity index (χ2n) is 3.58. The van der Waals surface area contributed by atoms with Gasteiger partial charge in [0.15, 0.2) is 5.82 Å². The molecule has 1 aromatic carbocycles. The van der Waals surface area contributed by atoms with E-state index >= 15 is 0 Å². The Morgan fingerprint density at radius 3 is 2.58 bits per heavy atom. The predicted molar refractivity (Wildman–Crippen MR) is 56.7 cm³/mol. The molecule has 1 heterocycles. The molecule has 9 heteroatoms. The van der Waals surface area contributed by atoms with Gasteiger partial charge >= 0.3 is 12.1 Å². The Kier molecular flexibility index (Phi) is 3.46. The van der Waals surface area contributed by atoms with Crippen molar-refractivity contribution in [3.8, 4) is 0 Å². The fourth-order valence-electron chi connectivity index (χ4n) is 1.38. The van der Waals surface area contributed by atoms with E-state index in [0.29, 0.717) is 0 Å². The van der Waals surface area contributed by atoms with Crippen LogP contribution in [0.5, 0.6) is 0 Å². The molecule has 19 heavy (non-hydrogen) atoms. The Labute approximate surface area is 109 Å². The summed E-state index contributed by atoms with van der Waals surface area (Å²) in [7, 11) is 0. The van der Waals surface area contributed by atoms with Gasteiger partial charge in [0.05, 0.1) is 11.1 Å². The van der Waals surface area contributed by atoms with Crippen LogP contribution in [0, 0.1) is 5.82 Å². The first-order valence-corrected chi connectivity index (χ1v) is 5.29. The van der Waals surface area contributed by atoms with Crippen molar-refractivity contribution >= 4 is 11.6 Å². The maximum absolute atomic E-state index is 13.7. The lowest BCUT2D eigenvalue weighted by Gasteiger charge is -2.09. The van der Waals surface area contributed by atoms with Gasteiger partial charge in [-0.3, -0.25) is 0 Å². The number of rotatable bonds is 2. The lowest BCUT2D eigenvalue weighted by Crippen LogP contribution is -2.16. The number of hydrogen-bond donors (Lipinski definition) is 1. The molecule has 0 aliphatic carbocycles. The highest BCUT2D eigenvalue weighted by molar-refractivity contribution is 6.30. The van der Waals surface area contributed by atoms with Gasteiger partial charge in [0.1, 0.15) is 5.82 Å². The summed E-state index contributed by atoms with van der Waals surface area (Å²) in [5.74, 6) is -2.86. The summed E-state index contributed by atoms with van der Waals surface area (Å²) in [5.41, 5.74) is 5.47. The SMILES string of the molecule is NC(c1noc(C(F)(F)F)n1)c1cccc(Cl)c1F. The summed E-state index contributed by atoms with van der Waals surface area (Å²) in [6.07, 6.45) is -4.78. The molecular formula is C10H6ClF4N3O. The van der Waals surface area contributed by atoms with E-state index in [1.807, 2.05) is 0 Å². The van der Waals surface area contributed by atoms with Crippen molar-refractivity contribution in [1.29, 1.82) is 0 Å². The maximum Gasteiger partial charge on any atom is 0.471 e. The van der Waals surface area contributed by atoms with Crippen LogP contribution in [0.3, 0.4) is 0 Å². The summed E-state index contributed by atoms with van der Waals surface area (Å²) >= 11 is 5.55. The lowest BCUT2D eigenvalue weighted by molar-refractivity contribution is -0.159. The van der Waals surface area contributed by atoms with Gasteiger partial charge in [0.2, 0.25) is 0 Å². The molecule has 0 bridgehead atoms. The third-order valence-electron chi connectivity index (χ3n) is 2.28. The van der Waals surface area contributed by atoms with Gasteiger partial charge < -0.3 is 10.3 Å². The van der Waals surface area contributed by atoms with Crippen molar-refractivity contribution in [1.82, 2.24) is 10.1 Å². The molecule has 1 atom stereocenters. The van der Waals surface area contributed by atoms with E-state index in [0.717, 1.165) is 0 Å².